The molecule has 0 aromatic heterocycles. The maximum Gasteiger partial charge on any atom is 0.287 e. The third-order valence-corrected chi connectivity index (χ3v) is 2.26. The monoisotopic (exact) mass is 169 g/mol. The molecule has 0 aliphatic heterocycles. The molecule has 0 unspecified atom stereocenters. The van der Waals surface area contributed by atoms with Crippen LogP contribution in [0.1, 0.15) is 39.0 Å². The average Bonchev–Trinajstić information content (AvgIpc) is 2.06. The molecule has 0 spiro atoms. The van der Waals surface area contributed by atoms with Gasteiger partial charge in [-0.3, -0.25) is 9.59 Å². The molecule has 3 nitrogen and oxygen atoms in total. The number of nitrogens with one attached hydrogen (secondary N) is 1. The van der Waals surface area contributed by atoms with Gasteiger partial charge in [-0.15, -0.1) is 0 Å². The van der Waals surface area contributed by atoms with Crippen molar-refractivity contribution in [2.24, 2.45) is 0 Å². The first-order valence-electron chi connectivity index (χ1n) is 4.51. The fourth-order valence-corrected chi connectivity index (χ4v) is 1.53. The Balaban J connectivity index is 2.29. The Bertz CT molecular complexity index is 183. The lowest BCUT2D eigenvalue weighted by molar-refractivity contribution is -0.137. The lowest BCUT2D eigenvalue weighted by Crippen LogP contribution is -2.39. The largest absolute Gasteiger partial charge is 0.347 e. The topological polar surface area (TPSA) is 46.2 Å². The molecule has 0 heterocycles. The molecule has 12 heavy (non-hydrogen) atoms. The van der Waals surface area contributed by atoms with E-state index in [1.165, 1.54) is 26.2 Å². The summed E-state index contributed by atoms with van der Waals surface area (Å²) in [5, 5.41) is 2.73. The van der Waals surface area contributed by atoms with Gasteiger partial charge in [-0.05, 0) is 12.8 Å². The van der Waals surface area contributed by atoms with E-state index in [1.807, 2.05) is 0 Å². The predicted molar refractivity (Wildman–Crippen MR) is 45.7 cm³/mol. The summed E-state index contributed by atoms with van der Waals surface area (Å²) in [5.41, 5.74) is 0. The second-order valence-corrected chi connectivity index (χ2v) is 3.36. The molecule has 1 aliphatic carbocycles. The molecular weight excluding hydrogens is 154 g/mol. The fourth-order valence-electron chi connectivity index (χ4n) is 1.53. The zero-order valence-electron chi connectivity index (χ0n) is 7.43. The summed E-state index contributed by atoms with van der Waals surface area (Å²) in [5.74, 6) is -0.817. The van der Waals surface area contributed by atoms with E-state index in [2.05, 4.69) is 5.32 Å². The van der Waals surface area contributed by atoms with Gasteiger partial charge in [0.2, 0.25) is 5.78 Å². The number of rotatable bonds is 2. The third kappa shape index (κ3) is 2.64. The van der Waals surface area contributed by atoms with Crippen molar-refractivity contribution in [1.82, 2.24) is 5.32 Å². The molecule has 0 aromatic rings. The minimum Gasteiger partial charge on any atom is -0.347 e. The minimum absolute atomic E-state index is 0.246. The molecule has 0 atom stereocenters. The van der Waals surface area contributed by atoms with E-state index in [1.54, 1.807) is 0 Å². The van der Waals surface area contributed by atoms with Crippen LogP contribution in [0.2, 0.25) is 0 Å². The number of hydrogen-bond donors (Lipinski definition) is 1. The fraction of sp³-hybridized carbons (Fsp3) is 0.778. The molecule has 1 N–H and O–H groups in total. The Kier molecular flexibility index (Phi) is 3.26. The molecule has 0 bridgehead atoms. The molecular formula is C9H15NO2. The number of ketones is 1. The maximum atomic E-state index is 11.0. The quantitative estimate of drug-likeness (QED) is 0.627. The van der Waals surface area contributed by atoms with Crippen LogP contribution in [0.15, 0.2) is 0 Å². The number of hydrogen-bond acceptors (Lipinski definition) is 2. The highest BCUT2D eigenvalue weighted by molar-refractivity contribution is 6.35. The van der Waals surface area contributed by atoms with Crippen molar-refractivity contribution in [2.75, 3.05) is 0 Å². The van der Waals surface area contributed by atoms with Crippen molar-refractivity contribution < 1.29 is 9.59 Å². The van der Waals surface area contributed by atoms with Crippen LogP contribution >= 0.6 is 0 Å². The van der Waals surface area contributed by atoms with Crippen LogP contribution in [-0.2, 0) is 9.59 Å². The lowest BCUT2D eigenvalue weighted by Gasteiger charge is -2.21. The second kappa shape index (κ2) is 4.24. The molecule has 1 rings (SSSR count). The van der Waals surface area contributed by atoms with Gasteiger partial charge in [0, 0.05) is 13.0 Å². The van der Waals surface area contributed by atoms with E-state index in [9.17, 15) is 9.59 Å². The summed E-state index contributed by atoms with van der Waals surface area (Å²) in [6.45, 7) is 1.30. The van der Waals surface area contributed by atoms with Gasteiger partial charge in [-0.2, -0.15) is 0 Å². The normalized spacial score (nSPS) is 18.8. The van der Waals surface area contributed by atoms with Crippen molar-refractivity contribution in [3.63, 3.8) is 0 Å². The van der Waals surface area contributed by atoms with Gasteiger partial charge >= 0.3 is 0 Å². The van der Waals surface area contributed by atoms with Crippen LogP contribution in [0.25, 0.3) is 0 Å². The first kappa shape index (κ1) is 9.23. The summed E-state index contributed by atoms with van der Waals surface area (Å²) in [7, 11) is 0. The van der Waals surface area contributed by atoms with Gasteiger partial charge in [0.05, 0.1) is 0 Å². The number of carbonyl (C=O) groups is 2. The Hall–Kier alpha value is -0.860. The first-order valence-corrected chi connectivity index (χ1v) is 4.51. The average molecular weight is 169 g/mol. The van der Waals surface area contributed by atoms with E-state index in [0.29, 0.717) is 0 Å². The number of amides is 1. The van der Waals surface area contributed by atoms with E-state index in [-0.39, 0.29) is 11.8 Å². The smallest absolute Gasteiger partial charge is 0.287 e. The van der Waals surface area contributed by atoms with Crippen LogP contribution in [0.4, 0.5) is 0 Å². The first-order chi connectivity index (χ1) is 5.70. The highest BCUT2D eigenvalue weighted by atomic mass is 16.2. The van der Waals surface area contributed by atoms with Crippen LogP contribution < -0.4 is 5.32 Å². The summed E-state index contributed by atoms with van der Waals surface area (Å²) in [6.07, 6.45) is 5.65. The Morgan fingerprint density at radius 3 is 2.25 bits per heavy atom. The van der Waals surface area contributed by atoms with Gasteiger partial charge in [-0.1, -0.05) is 19.3 Å². The van der Waals surface area contributed by atoms with E-state index in [0.717, 1.165) is 12.8 Å². The predicted octanol–water partition coefficient (Wildman–Crippen LogP) is 1.02. The van der Waals surface area contributed by atoms with Crippen molar-refractivity contribution in [3.8, 4) is 0 Å². The van der Waals surface area contributed by atoms with Crippen molar-refractivity contribution in [1.29, 1.82) is 0 Å². The molecule has 0 aromatic carbocycles. The van der Waals surface area contributed by atoms with Crippen LogP contribution in [0.3, 0.4) is 0 Å². The zero-order chi connectivity index (χ0) is 8.97. The molecule has 1 fully saturated rings. The maximum absolute atomic E-state index is 11.0. The second-order valence-electron chi connectivity index (χ2n) is 3.36. The highest BCUT2D eigenvalue weighted by Gasteiger charge is 2.17. The van der Waals surface area contributed by atoms with Gasteiger partial charge in [0.1, 0.15) is 0 Å². The Labute approximate surface area is 72.5 Å². The highest BCUT2D eigenvalue weighted by Crippen LogP contribution is 2.17. The van der Waals surface area contributed by atoms with Crippen LogP contribution in [-0.4, -0.2) is 17.7 Å². The molecule has 0 saturated heterocycles. The number of Topliss-reactive ketones (excluding diaryl/α,β-unsaturated/α-hetero) is 1. The molecule has 1 amide bonds. The van der Waals surface area contributed by atoms with Gasteiger partial charge in [-0.25, -0.2) is 0 Å². The van der Waals surface area contributed by atoms with E-state index in [4.69, 9.17) is 0 Å². The van der Waals surface area contributed by atoms with Gasteiger partial charge in [0.15, 0.2) is 0 Å². The van der Waals surface area contributed by atoms with Gasteiger partial charge in [0.25, 0.3) is 5.91 Å². The third-order valence-electron chi connectivity index (χ3n) is 2.26. The van der Waals surface area contributed by atoms with Crippen molar-refractivity contribution >= 4 is 11.7 Å². The van der Waals surface area contributed by atoms with E-state index < -0.39 is 5.91 Å². The molecule has 68 valence electrons. The number of carbonyl (C=O) groups excluding carboxylic acids is 2. The Morgan fingerprint density at radius 2 is 1.75 bits per heavy atom. The molecule has 3 heteroatoms. The summed E-state index contributed by atoms with van der Waals surface area (Å²) >= 11 is 0. The molecule has 0 radical (unpaired) electrons. The summed E-state index contributed by atoms with van der Waals surface area (Å²) in [6, 6.07) is 0.246. The van der Waals surface area contributed by atoms with Crippen molar-refractivity contribution in [2.45, 2.75) is 45.1 Å². The minimum atomic E-state index is -0.429. The molecule has 1 saturated carbocycles. The molecule has 1 aliphatic rings. The zero-order valence-corrected chi connectivity index (χ0v) is 7.43. The van der Waals surface area contributed by atoms with Gasteiger partial charge < -0.3 is 5.32 Å². The Morgan fingerprint density at radius 1 is 1.17 bits per heavy atom. The SMILES string of the molecule is CC(=O)C(=O)NC1CCCCC1. The standard InChI is InChI=1S/C9H15NO2/c1-7(11)9(12)10-8-5-3-2-4-6-8/h8H,2-6H2,1H3,(H,10,12). The van der Waals surface area contributed by atoms with Crippen molar-refractivity contribution in [3.05, 3.63) is 0 Å². The van der Waals surface area contributed by atoms with Crippen LogP contribution in [0, 0.1) is 0 Å². The summed E-state index contributed by atoms with van der Waals surface area (Å²) in [4.78, 5) is 21.6. The lowest BCUT2D eigenvalue weighted by atomic mass is 9.95. The van der Waals surface area contributed by atoms with Crippen LogP contribution in [0.5, 0.6) is 0 Å². The summed E-state index contributed by atoms with van der Waals surface area (Å²) < 4.78 is 0. The van der Waals surface area contributed by atoms with E-state index >= 15 is 0 Å².